The van der Waals surface area contributed by atoms with Gasteiger partial charge in [0.15, 0.2) is 11.4 Å². The van der Waals surface area contributed by atoms with E-state index in [0.717, 1.165) is 12.8 Å². The number of hydrogen-bond acceptors (Lipinski definition) is 4. The van der Waals surface area contributed by atoms with Crippen molar-refractivity contribution in [2.45, 2.75) is 12.8 Å². The Hall–Kier alpha value is -2.70. The number of aromatic hydroxyl groups is 1. The van der Waals surface area contributed by atoms with Gasteiger partial charge in [-0.1, -0.05) is 18.2 Å². The Labute approximate surface area is 138 Å². The van der Waals surface area contributed by atoms with E-state index in [1.54, 1.807) is 18.3 Å². The third kappa shape index (κ3) is 2.11. The zero-order valence-electron chi connectivity index (χ0n) is 13.1. The molecule has 0 unspecified atom stereocenters. The minimum Gasteiger partial charge on any atom is -0.502 e. The van der Waals surface area contributed by atoms with Crippen LogP contribution in [0.5, 0.6) is 5.75 Å². The summed E-state index contributed by atoms with van der Waals surface area (Å²) in [4.78, 5) is 17.5. The molecule has 0 aliphatic carbocycles. The number of hydrogen-bond donors (Lipinski definition) is 2. The lowest BCUT2D eigenvalue weighted by molar-refractivity contribution is -0.0602. The molecule has 6 heteroatoms. The Morgan fingerprint density at radius 2 is 1.75 bits per heavy atom. The zero-order chi connectivity index (χ0) is 16.7. The second kappa shape index (κ2) is 5.43. The molecule has 1 aromatic carbocycles. The summed E-state index contributed by atoms with van der Waals surface area (Å²) in [6, 6.07) is 12.6. The molecule has 24 heavy (non-hydrogen) atoms. The van der Waals surface area contributed by atoms with Gasteiger partial charge in [0.1, 0.15) is 13.1 Å². The van der Waals surface area contributed by atoms with E-state index >= 15 is 0 Å². The topological polar surface area (TPSA) is 75.3 Å². The predicted molar refractivity (Wildman–Crippen MR) is 91.6 cm³/mol. The van der Waals surface area contributed by atoms with E-state index in [1.807, 2.05) is 30.3 Å². The van der Waals surface area contributed by atoms with Gasteiger partial charge in [0.25, 0.3) is 5.69 Å². The summed E-state index contributed by atoms with van der Waals surface area (Å²) >= 11 is 0. The largest absolute Gasteiger partial charge is 0.502 e. The number of para-hydroxylation sites is 1. The molecular weight excluding hydrogens is 306 g/mol. The minimum absolute atomic E-state index is 0.0249. The first-order valence-electron chi connectivity index (χ1n) is 8.00. The van der Waals surface area contributed by atoms with Crippen molar-refractivity contribution in [1.82, 2.24) is 14.2 Å². The van der Waals surface area contributed by atoms with Crippen LogP contribution in [0.1, 0.15) is 12.8 Å². The normalized spacial score (nSPS) is 16.5. The molecule has 2 N–H and O–H groups in total. The van der Waals surface area contributed by atoms with Crippen LogP contribution in [0, 0.1) is 0 Å². The molecule has 0 bridgehead atoms. The Bertz CT molecular complexity index is 960. The van der Waals surface area contributed by atoms with Crippen molar-refractivity contribution in [3.8, 4) is 11.4 Å². The fourth-order valence-electron chi connectivity index (χ4n) is 3.46. The average Bonchev–Trinajstić information content (AvgIpc) is 3.03. The van der Waals surface area contributed by atoms with Crippen molar-refractivity contribution >= 4 is 16.7 Å². The molecule has 1 aliphatic rings. The van der Waals surface area contributed by atoms with Gasteiger partial charge in [-0.15, -0.1) is 4.65 Å². The Balaban J connectivity index is 2.14. The molecule has 1 fully saturated rings. The van der Waals surface area contributed by atoms with Gasteiger partial charge in [-0.25, -0.2) is 10.2 Å². The first kappa shape index (κ1) is 14.9. The van der Waals surface area contributed by atoms with Gasteiger partial charge in [0.05, 0.1) is 11.1 Å². The van der Waals surface area contributed by atoms with Crippen molar-refractivity contribution in [2.24, 2.45) is 0 Å². The second-order valence-electron chi connectivity index (χ2n) is 6.12. The number of benzene rings is 1. The third-order valence-electron chi connectivity index (χ3n) is 4.62. The molecule has 122 valence electrons. The second-order valence-corrected chi connectivity index (χ2v) is 6.12. The molecule has 6 nitrogen and oxygen atoms in total. The summed E-state index contributed by atoms with van der Waals surface area (Å²) in [5.41, 5.74) is 0.616. The van der Waals surface area contributed by atoms with Crippen LogP contribution in [0.3, 0.4) is 0 Å². The molecule has 4 rings (SSSR count). The van der Waals surface area contributed by atoms with E-state index in [9.17, 15) is 15.1 Å². The third-order valence-corrected chi connectivity index (χ3v) is 4.62. The van der Waals surface area contributed by atoms with Crippen LogP contribution >= 0.6 is 0 Å². The number of quaternary nitrogens is 1. The van der Waals surface area contributed by atoms with Crippen LogP contribution in [-0.4, -0.2) is 33.0 Å². The molecule has 0 atom stereocenters. The SMILES string of the molecule is O=c1c([N+]2(O)CCCC2)c(O)c2cccnc2n1-c1ccccc1. The summed E-state index contributed by atoms with van der Waals surface area (Å²) in [6.07, 6.45) is 3.21. The summed E-state index contributed by atoms with van der Waals surface area (Å²) in [5.74, 6) is -0.181. The Morgan fingerprint density at radius 3 is 2.46 bits per heavy atom. The van der Waals surface area contributed by atoms with Crippen molar-refractivity contribution in [3.63, 3.8) is 0 Å². The number of fused-ring (bicyclic) bond motifs is 1. The lowest BCUT2D eigenvalue weighted by Crippen LogP contribution is -2.47. The minimum atomic E-state index is -0.525. The van der Waals surface area contributed by atoms with Crippen molar-refractivity contribution in [3.05, 3.63) is 59.0 Å². The summed E-state index contributed by atoms with van der Waals surface area (Å²) in [7, 11) is 0. The van der Waals surface area contributed by atoms with E-state index < -0.39 is 10.2 Å². The van der Waals surface area contributed by atoms with Crippen LogP contribution in [0.4, 0.5) is 5.69 Å². The lowest BCUT2D eigenvalue weighted by Gasteiger charge is -2.25. The fourth-order valence-corrected chi connectivity index (χ4v) is 3.46. The molecule has 0 spiro atoms. The first-order valence-corrected chi connectivity index (χ1v) is 8.00. The molecule has 0 amide bonds. The summed E-state index contributed by atoms with van der Waals surface area (Å²) in [5, 5.41) is 22.1. The van der Waals surface area contributed by atoms with Gasteiger partial charge in [-0.05, 0) is 24.3 Å². The molecule has 3 heterocycles. The highest BCUT2D eigenvalue weighted by Gasteiger charge is 2.40. The molecule has 0 radical (unpaired) electrons. The van der Waals surface area contributed by atoms with Crippen molar-refractivity contribution in [2.75, 3.05) is 13.1 Å². The summed E-state index contributed by atoms with van der Waals surface area (Å²) in [6.45, 7) is 0.840. The average molecular weight is 324 g/mol. The smallest absolute Gasteiger partial charge is 0.325 e. The summed E-state index contributed by atoms with van der Waals surface area (Å²) < 4.78 is 0.932. The van der Waals surface area contributed by atoms with Crippen molar-refractivity contribution in [1.29, 1.82) is 0 Å². The monoisotopic (exact) mass is 324 g/mol. The van der Waals surface area contributed by atoms with Crippen LogP contribution in [-0.2, 0) is 0 Å². The highest BCUT2D eigenvalue weighted by Crippen LogP contribution is 2.37. The van der Waals surface area contributed by atoms with Crippen LogP contribution in [0.2, 0.25) is 0 Å². The predicted octanol–water partition coefficient (Wildman–Crippen LogP) is 2.58. The van der Waals surface area contributed by atoms with Gasteiger partial charge in [0, 0.05) is 19.0 Å². The van der Waals surface area contributed by atoms with Gasteiger partial charge in [0.2, 0.25) is 0 Å². The molecule has 1 aliphatic heterocycles. The van der Waals surface area contributed by atoms with Crippen molar-refractivity contribution < 1.29 is 10.3 Å². The highest BCUT2D eigenvalue weighted by atomic mass is 16.5. The Kier molecular flexibility index (Phi) is 3.37. The zero-order valence-corrected chi connectivity index (χ0v) is 13.1. The Morgan fingerprint density at radius 1 is 1.04 bits per heavy atom. The first-order chi connectivity index (χ1) is 11.6. The van der Waals surface area contributed by atoms with Gasteiger partial charge in [-0.3, -0.25) is 9.36 Å². The molecule has 3 aromatic rings. The number of pyridine rings is 2. The lowest BCUT2D eigenvalue weighted by atomic mass is 10.2. The highest BCUT2D eigenvalue weighted by molar-refractivity contribution is 5.88. The van der Waals surface area contributed by atoms with E-state index in [1.165, 1.54) is 4.57 Å². The van der Waals surface area contributed by atoms with E-state index in [2.05, 4.69) is 4.98 Å². The fraction of sp³-hybridized carbons (Fsp3) is 0.222. The number of rotatable bonds is 2. The maximum absolute atomic E-state index is 13.2. The quantitative estimate of drug-likeness (QED) is 0.711. The van der Waals surface area contributed by atoms with E-state index in [4.69, 9.17) is 0 Å². The molecule has 2 aromatic heterocycles. The van der Waals surface area contributed by atoms with Gasteiger partial charge in [-0.2, -0.15) is 0 Å². The number of nitrogens with zero attached hydrogens (tertiary/aromatic N) is 3. The van der Waals surface area contributed by atoms with E-state index in [0.29, 0.717) is 29.8 Å². The van der Waals surface area contributed by atoms with Crippen LogP contribution in [0.15, 0.2) is 53.5 Å². The van der Waals surface area contributed by atoms with Gasteiger partial charge < -0.3 is 5.11 Å². The maximum Gasteiger partial charge on any atom is 0.325 e. The van der Waals surface area contributed by atoms with Crippen LogP contribution in [0.25, 0.3) is 16.7 Å². The molecule has 1 saturated heterocycles. The number of aromatic nitrogens is 2. The number of hydroxylamine groups is 2. The standard InChI is InChI=1S/C18H17N3O3/c22-16-14-9-6-10-19-17(14)20(13-7-2-1-3-8-13)18(23)15(16)21(24)11-4-5-12-21/h1-3,6-10,24H,4-5,11-12H2/p+1. The van der Waals surface area contributed by atoms with Crippen LogP contribution < -0.4 is 10.2 Å². The van der Waals surface area contributed by atoms with E-state index in [-0.39, 0.29) is 11.4 Å². The molecular formula is C18H18N3O3+. The molecule has 0 saturated carbocycles. The maximum atomic E-state index is 13.2. The van der Waals surface area contributed by atoms with Gasteiger partial charge >= 0.3 is 5.56 Å².